The quantitative estimate of drug-likeness (QED) is 0.406. The Hall–Kier alpha value is -1.14. The van der Waals surface area contributed by atoms with E-state index in [4.69, 9.17) is 15.6 Å². The number of carboxylic acid groups (broad SMARTS) is 1. The lowest BCUT2D eigenvalue weighted by Crippen LogP contribution is -2.25. The number of aliphatic carboxylic acids is 1. The van der Waals surface area contributed by atoms with Gasteiger partial charge in [0, 0.05) is 13.1 Å². The lowest BCUT2D eigenvalue weighted by Gasteiger charge is -2.02. The van der Waals surface area contributed by atoms with Crippen LogP contribution in [0.1, 0.15) is 6.42 Å². The van der Waals surface area contributed by atoms with Crippen LogP contribution in [0.4, 0.5) is 0 Å². The Morgan fingerprint density at radius 3 is 2.62 bits per heavy atom. The van der Waals surface area contributed by atoms with E-state index in [0.717, 1.165) is 0 Å². The van der Waals surface area contributed by atoms with Gasteiger partial charge in [0.25, 0.3) is 0 Å². The second kappa shape index (κ2) is 7.51. The Bertz CT molecular complexity index is 154. The van der Waals surface area contributed by atoms with Crippen molar-refractivity contribution in [2.24, 2.45) is 5.73 Å². The minimum absolute atomic E-state index is 0.0792. The molecule has 0 spiro atoms. The van der Waals surface area contributed by atoms with Crippen LogP contribution in [0.5, 0.6) is 0 Å². The zero-order valence-corrected chi connectivity index (χ0v) is 7.28. The third-order valence-electron chi connectivity index (χ3n) is 1.18. The van der Waals surface area contributed by atoms with Gasteiger partial charge >= 0.3 is 5.97 Å². The number of amides is 1. The molecule has 0 unspecified atom stereocenters. The van der Waals surface area contributed by atoms with Gasteiger partial charge in [-0.3, -0.25) is 9.59 Å². The summed E-state index contributed by atoms with van der Waals surface area (Å²) in [5, 5.41) is 11.1. The number of hydrogen-bond donors (Lipinski definition) is 3. The van der Waals surface area contributed by atoms with Gasteiger partial charge in [-0.15, -0.1) is 0 Å². The molecule has 0 aliphatic rings. The molecule has 6 heteroatoms. The molecule has 0 aromatic heterocycles. The zero-order valence-electron chi connectivity index (χ0n) is 7.28. The lowest BCUT2D eigenvalue weighted by atomic mass is 10.4. The Kier molecular flexibility index (Phi) is 6.85. The second-order valence-corrected chi connectivity index (χ2v) is 2.41. The molecule has 0 radical (unpaired) electrons. The van der Waals surface area contributed by atoms with Crippen molar-refractivity contribution in [1.29, 1.82) is 0 Å². The van der Waals surface area contributed by atoms with Crippen LogP contribution in [0.3, 0.4) is 0 Å². The van der Waals surface area contributed by atoms with E-state index >= 15 is 0 Å². The van der Waals surface area contributed by atoms with Crippen LogP contribution in [-0.4, -0.2) is 43.3 Å². The summed E-state index contributed by atoms with van der Waals surface area (Å²) >= 11 is 0. The molecule has 0 aromatic carbocycles. The molecule has 0 fully saturated rings. The van der Waals surface area contributed by atoms with Gasteiger partial charge in [0.15, 0.2) is 0 Å². The van der Waals surface area contributed by atoms with Gasteiger partial charge in [0.05, 0.1) is 13.0 Å². The van der Waals surface area contributed by atoms with Crippen molar-refractivity contribution < 1.29 is 19.4 Å². The van der Waals surface area contributed by atoms with Crippen molar-refractivity contribution in [3.8, 4) is 0 Å². The molecule has 0 aliphatic carbocycles. The fourth-order valence-corrected chi connectivity index (χ4v) is 0.637. The largest absolute Gasteiger partial charge is 0.481 e. The molecule has 0 rings (SSSR count). The fraction of sp³-hybridized carbons (Fsp3) is 0.714. The van der Waals surface area contributed by atoms with Crippen LogP contribution in [0.15, 0.2) is 0 Å². The smallest absolute Gasteiger partial charge is 0.304 e. The number of nitrogens with two attached hydrogens (primary N) is 1. The average Bonchev–Trinajstić information content (AvgIpc) is 2.01. The van der Waals surface area contributed by atoms with Crippen LogP contribution >= 0.6 is 0 Å². The number of hydrogen-bond acceptors (Lipinski definition) is 4. The van der Waals surface area contributed by atoms with Gasteiger partial charge < -0.3 is 20.9 Å². The zero-order chi connectivity index (χ0) is 10.1. The first-order valence-electron chi connectivity index (χ1n) is 3.91. The number of carboxylic acids is 1. The van der Waals surface area contributed by atoms with Gasteiger partial charge in [-0.25, -0.2) is 0 Å². The Morgan fingerprint density at radius 2 is 2.08 bits per heavy atom. The van der Waals surface area contributed by atoms with Gasteiger partial charge in [-0.2, -0.15) is 0 Å². The predicted molar refractivity (Wildman–Crippen MR) is 45.1 cm³/mol. The number of carbonyl (C=O) groups excluding carboxylic acids is 1. The lowest BCUT2D eigenvalue weighted by molar-refractivity contribution is -0.136. The summed E-state index contributed by atoms with van der Waals surface area (Å²) in [6.07, 6.45) is 0.0792. The van der Waals surface area contributed by atoms with Gasteiger partial charge in [0.1, 0.15) is 6.61 Å². The molecule has 0 aliphatic heterocycles. The normalized spacial score (nSPS) is 9.85. The van der Waals surface area contributed by atoms with E-state index in [0.29, 0.717) is 19.7 Å². The molecule has 76 valence electrons. The van der Waals surface area contributed by atoms with Crippen molar-refractivity contribution in [1.82, 2.24) is 5.32 Å². The first-order chi connectivity index (χ1) is 6.13. The van der Waals surface area contributed by atoms with Crippen molar-refractivity contribution >= 4 is 11.9 Å². The maximum Gasteiger partial charge on any atom is 0.304 e. The standard InChI is InChI=1S/C7H14N2O4/c8-6(10)5-13-4-3-9-2-1-7(11)12/h9H,1-5H2,(H2,8,10)(H,11,12). The number of rotatable bonds is 8. The van der Waals surface area contributed by atoms with E-state index in [-0.39, 0.29) is 13.0 Å². The van der Waals surface area contributed by atoms with Crippen LogP contribution in [0.2, 0.25) is 0 Å². The monoisotopic (exact) mass is 190 g/mol. The molecular weight excluding hydrogens is 176 g/mol. The summed E-state index contributed by atoms with van der Waals surface area (Å²) < 4.78 is 4.82. The predicted octanol–water partition coefficient (Wildman–Crippen LogP) is -1.45. The van der Waals surface area contributed by atoms with E-state index in [9.17, 15) is 9.59 Å². The molecule has 0 atom stereocenters. The van der Waals surface area contributed by atoms with Crippen molar-refractivity contribution in [2.45, 2.75) is 6.42 Å². The summed E-state index contributed by atoms with van der Waals surface area (Å²) in [5.74, 6) is -1.35. The SMILES string of the molecule is NC(=O)COCCNCCC(=O)O. The van der Waals surface area contributed by atoms with Crippen molar-refractivity contribution in [3.05, 3.63) is 0 Å². The molecule has 4 N–H and O–H groups in total. The van der Waals surface area contributed by atoms with Crippen LogP contribution in [-0.2, 0) is 14.3 Å². The number of ether oxygens (including phenoxy) is 1. The van der Waals surface area contributed by atoms with Gasteiger partial charge in [-0.05, 0) is 0 Å². The third kappa shape index (κ3) is 10.9. The summed E-state index contributed by atoms with van der Waals surface area (Å²) in [5.41, 5.74) is 4.81. The van der Waals surface area contributed by atoms with Crippen LogP contribution < -0.4 is 11.1 Å². The van der Waals surface area contributed by atoms with Crippen molar-refractivity contribution in [3.63, 3.8) is 0 Å². The third-order valence-corrected chi connectivity index (χ3v) is 1.18. The molecule has 1 amide bonds. The molecule has 0 aromatic rings. The highest BCUT2D eigenvalue weighted by molar-refractivity contribution is 5.74. The van der Waals surface area contributed by atoms with Gasteiger partial charge in [-0.1, -0.05) is 0 Å². The summed E-state index contributed by atoms with van der Waals surface area (Å²) in [6, 6.07) is 0. The van der Waals surface area contributed by atoms with E-state index in [2.05, 4.69) is 5.32 Å². The van der Waals surface area contributed by atoms with E-state index < -0.39 is 11.9 Å². The maximum absolute atomic E-state index is 10.2. The van der Waals surface area contributed by atoms with E-state index in [1.54, 1.807) is 0 Å². The molecule has 13 heavy (non-hydrogen) atoms. The highest BCUT2D eigenvalue weighted by Gasteiger charge is 1.96. The minimum atomic E-state index is -0.842. The topological polar surface area (TPSA) is 102 Å². The van der Waals surface area contributed by atoms with E-state index in [1.165, 1.54) is 0 Å². The average molecular weight is 190 g/mol. The first kappa shape index (κ1) is 11.9. The second-order valence-electron chi connectivity index (χ2n) is 2.41. The Balaban J connectivity index is 3.00. The van der Waals surface area contributed by atoms with Crippen LogP contribution in [0.25, 0.3) is 0 Å². The highest BCUT2D eigenvalue weighted by atomic mass is 16.5. The molecule has 6 nitrogen and oxygen atoms in total. The Labute approximate surface area is 76.0 Å². The Morgan fingerprint density at radius 1 is 1.38 bits per heavy atom. The molecule has 0 saturated carbocycles. The number of nitrogens with one attached hydrogen (secondary N) is 1. The fourth-order valence-electron chi connectivity index (χ4n) is 0.637. The number of carbonyl (C=O) groups is 2. The molecular formula is C7H14N2O4. The molecule has 0 bridgehead atoms. The highest BCUT2D eigenvalue weighted by Crippen LogP contribution is 1.76. The number of primary amides is 1. The molecule has 0 saturated heterocycles. The molecule has 0 heterocycles. The van der Waals surface area contributed by atoms with Crippen LogP contribution in [0, 0.1) is 0 Å². The maximum atomic E-state index is 10.2. The van der Waals surface area contributed by atoms with Gasteiger partial charge in [0.2, 0.25) is 5.91 Å². The first-order valence-corrected chi connectivity index (χ1v) is 3.91. The summed E-state index contributed by atoms with van der Waals surface area (Å²) in [6.45, 7) is 1.17. The minimum Gasteiger partial charge on any atom is -0.481 e. The summed E-state index contributed by atoms with van der Waals surface area (Å²) in [7, 11) is 0. The van der Waals surface area contributed by atoms with E-state index in [1.807, 2.05) is 0 Å². The van der Waals surface area contributed by atoms with Crippen molar-refractivity contribution in [2.75, 3.05) is 26.3 Å². The summed E-state index contributed by atoms with van der Waals surface area (Å²) in [4.78, 5) is 20.2.